The molecular weight excluding hydrogens is 742 g/mol. The van der Waals surface area contributed by atoms with Crippen molar-refractivity contribution < 1.29 is 33.0 Å². The number of nitrogens with zero attached hydrogens (tertiary/aromatic N) is 4. The maximum absolute atomic E-state index is 14.8. The molecule has 3 N–H and O–H groups in total. The first kappa shape index (κ1) is 38.6. The number of alkyl halides is 1. The van der Waals surface area contributed by atoms with E-state index >= 15 is 0 Å². The monoisotopic (exact) mass is 787 g/mol. The van der Waals surface area contributed by atoms with E-state index in [1.54, 1.807) is 17.3 Å². The number of imidazole rings is 2. The SMILES string of the molecule is COC(=O)C[C@H](C(=O)N1C[C@H](F)C[C@H]1c1ncc(-c2ccc(-c3ccc(-c4cnc([C@@H]5Cc6cccc7c6N5C(=O)[C@@H](NC(=O)OC)CC7)[nH]4)cc3)cc2)[nH]1)C(C)C. The summed E-state index contributed by atoms with van der Waals surface area (Å²) in [5, 5.41) is 2.72. The second-order valence-corrected chi connectivity index (χ2v) is 15.6. The molecule has 13 nitrogen and oxygen atoms in total. The molecule has 5 heterocycles. The highest BCUT2D eigenvalue weighted by molar-refractivity contribution is 6.02. The van der Waals surface area contributed by atoms with Gasteiger partial charge in [-0.3, -0.25) is 19.3 Å². The number of rotatable bonds is 10. The molecule has 8 rings (SSSR count). The van der Waals surface area contributed by atoms with Crippen molar-refractivity contribution in [1.29, 1.82) is 0 Å². The molecule has 0 spiro atoms. The molecule has 0 saturated carbocycles. The van der Waals surface area contributed by atoms with Crippen LogP contribution in [0.25, 0.3) is 33.6 Å². The molecule has 3 amide bonds. The number of hydrogen-bond donors (Lipinski definition) is 3. The first-order chi connectivity index (χ1) is 28.0. The molecule has 5 aromatic rings. The summed E-state index contributed by atoms with van der Waals surface area (Å²) in [6.07, 6.45) is 3.45. The van der Waals surface area contributed by atoms with E-state index in [9.17, 15) is 23.6 Å². The molecule has 0 bridgehead atoms. The number of aryl methyl sites for hydroxylation is 1. The van der Waals surface area contributed by atoms with E-state index in [-0.39, 0.29) is 43.2 Å². The molecular formula is C44H46FN7O6. The van der Waals surface area contributed by atoms with Crippen molar-refractivity contribution in [2.24, 2.45) is 11.8 Å². The number of benzene rings is 3. The number of nitrogens with one attached hydrogen (secondary N) is 3. The van der Waals surface area contributed by atoms with Crippen LogP contribution < -0.4 is 10.2 Å². The lowest BCUT2D eigenvalue weighted by molar-refractivity contribution is -0.148. The molecule has 0 unspecified atom stereocenters. The molecule has 0 radical (unpaired) electrons. The van der Waals surface area contributed by atoms with Gasteiger partial charge in [0.05, 0.1) is 74.7 Å². The van der Waals surface area contributed by atoms with Gasteiger partial charge in [0.25, 0.3) is 0 Å². The van der Waals surface area contributed by atoms with Crippen molar-refractivity contribution >= 4 is 29.6 Å². The van der Waals surface area contributed by atoms with Crippen LogP contribution in [0.4, 0.5) is 14.9 Å². The number of carbonyl (C=O) groups is 4. The maximum atomic E-state index is 14.8. The van der Waals surface area contributed by atoms with Gasteiger partial charge in [-0.15, -0.1) is 0 Å². The summed E-state index contributed by atoms with van der Waals surface area (Å²) in [7, 11) is 2.58. The van der Waals surface area contributed by atoms with Crippen molar-refractivity contribution in [1.82, 2.24) is 30.2 Å². The second kappa shape index (κ2) is 15.9. The van der Waals surface area contributed by atoms with E-state index in [0.29, 0.717) is 30.9 Å². The molecule has 300 valence electrons. The average molecular weight is 788 g/mol. The van der Waals surface area contributed by atoms with E-state index in [1.807, 2.05) is 80.6 Å². The molecule has 1 saturated heterocycles. The average Bonchev–Trinajstić information content (AvgIpc) is 4.05. The Morgan fingerprint density at radius 1 is 0.845 bits per heavy atom. The number of H-pyrrole nitrogens is 2. The number of amides is 3. The van der Waals surface area contributed by atoms with E-state index in [4.69, 9.17) is 14.5 Å². The van der Waals surface area contributed by atoms with E-state index < -0.39 is 36.2 Å². The van der Waals surface area contributed by atoms with Gasteiger partial charge in [-0.1, -0.05) is 80.6 Å². The van der Waals surface area contributed by atoms with Gasteiger partial charge in [0.2, 0.25) is 11.8 Å². The van der Waals surface area contributed by atoms with Crippen molar-refractivity contribution in [2.45, 2.75) is 70.2 Å². The van der Waals surface area contributed by atoms with Crippen LogP contribution in [-0.4, -0.2) is 81.7 Å². The van der Waals surface area contributed by atoms with E-state index in [2.05, 4.69) is 20.3 Å². The number of aromatic nitrogens is 4. The number of esters is 1. The van der Waals surface area contributed by atoms with Gasteiger partial charge >= 0.3 is 12.1 Å². The maximum Gasteiger partial charge on any atom is 0.407 e. The van der Waals surface area contributed by atoms with Crippen LogP contribution in [-0.2, 0) is 36.7 Å². The minimum Gasteiger partial charge on any atom is -0.469 e. The fourth-order valence-corrected chi connectivity index (χ4v) is 8.55. The fraction of sp³-hybridized carbons (Fsp3) is 0.364. The smallest absolute Gasteiger partial charge is 0.407 e. The second-order valence-electron chi connectivity index (χ2n) is 15.6. The number of methoxy groups -OCH3 is 2. The fourth-order valence-electron chi connectivity index (χ4n) is 8.55. The molecule has 5 atom stereocenters. The van der Waals surface area contributed by atoms with Crippen molar-refractivity contribution in [3.05, 3.63) is 102 Å². The number of hydrogen-bond acceptors (Lipinski definition) is 8. The Morgan fingerprint density at radius 3 is 2.02 bits per heavy atom. The predicted octanol–water partition coefficient (Wildman–Crippen LogP) is 6.88. The molecule has 58 heavy (non-hydrogen) atoms. The van der Waals surface area contributed by atoms with E-state index in [1.165, 1.54) is 19.1 Å². The Hall–Kier alpha value is -6.31. The van der Waals surface area contributed by atoms with Gasteiger partial charge in [0.1, 0.15) is 23.9 Å². The van der Waals surface area contributed by atoms with Gasteiger partial charge in [0, 0.05) is 12.8 Å². The zero-order valence-electron chi connectivity index (χ0n) is 32.8. The van der Waals surface area contributed by atoms with Crippen LogP contribution in [0.5, 0.6) is 0 Å². The quantitative estimate of drug-likeness (QED) is 0.129. The van der Waals surface area contributed by atoms with Gasteiger partial charge in [0.15, 0.2) is 0 Å². The summed E-state index contributed by atoms with van der Waals surface area (Å²) in [5.74, 6) is -0.505. The Morgan fingerprint density at radius 2 is 1.43 bits per heavy atom. The minimum atomic E-state index is -1.20. The third kappa shape index (κ3) is 7.34. The highest BCUT2D eigenvalue weighted by Crippen LogP contribution is 2.45. The van der Waals surface area contributed by atoms with Crippen molar-refractivity contribution in [2.75, 3.05) is 25.7 Å². The molecule has 3 aliphatic heterocycles. The topological polar surface area (TPSA) is 163 Å². The zero-order valence-corrected chi connectivity index (χ0v) is 32.8. The number of ether oxygens (including phenoxy) is 2. The normalized spacial score (nSPS) is 20.5. The number of aromatic amines is 2. The third-order valence-corrected chi connectivity index (χ3v) is 11.7. The Kier molecular flexibility index (Phi) is 10.6. The Balaban J connectivity index is 0.957. The first-order valence-electron chi connectivity index (χ1n) is 19.6. The van der Waals surface area contributed by atoms with Gasteiger partial charge in [-0.25, -0.2) is 19.2 Å². The summed E-state index contributed by atoms with van der Waals surface area (Å²) in [5.41, 5.74) is 8.46. The summed E-state index contributed by atoms with van der Waals surface area (Å²) in [6.45, 7) is 3.69. The highest BCUT2D eigenvalue weighted by Gasteiger charge is 2.44. The molecule has 3 aliphatic rings. The largest absolute Gasteiger partial charge is 0.469 e. The molecule has 14 heteroatoms. The van der Waals surface area contributed by atoms with Crippen LogP contribution in [0.1, 0.15) is 68.0 Å². The van der Waals surface area contributed by atoms with Crippen LogP contribution in [0.2, 0.25) is 0 Å². The summed E-state index contributed by atoms with van der Waals surface area (Å²) < 4.78 is 24.4. The molecule has 1 fully saturated rings. The minimum absolute atomic E-state index is 0.0489. The van der Waals surface area contributed by atoms with Gasteiger partial charge < -0.3 is 29.7 Å². The third-order valence-electron chi connectivity index (χ3n) is 11.7. The van der Waals surface area contributed by atoms with Crippen molar-refractivity contribution in [3.63, 3.8) is 0 Å². The molecule has 3 aromatic carbocycles. The number of anilines is 1. The van der Waals surface area contributed by atoms with Crippen LogP contribution >= 0.6 is 0 Å². The zero-order chi connectivity index (χ0) is 40.7. The number of alkyl carbamates (subject to hydrolysis) is 1. The summed E-state index contributed by atoms with van der Waals surface area (Å²) in [6, 6.07) is 20.6. The van der Waals surface area contributed by atoms with Gasteiger partial charge in [-0.05, 0) is 52.1 Å². The van der Waals surface area contributed by atoms with Crippen LogP contribution in [0, 0.1) is 11.8 Å². The first-order valence-corrected chi connectivity index (χ1v) is 19.6. The number of likely N-dealkylation sites (tertiary alicyclic amines) is 1. The standard InChI is InChI=1S/C44H46FN7O6/c1-24(2)32(20-38(53)57-3)42(54)51-23-31(45)19-36(51)40-46-21-34(48-40)27-12-8-25(9-13-27)26-10-14-28(15-11-26)35-22-47-41(49-35)37-18-30-7-5-6-29-16-17-33(50-44(56)58-4)43(55)52(37)39(29)30/h5-15,21-22,24,31-33,36-37H,16-20,23H2,1-4H3,(H,46,48)(H,47,49)(H,50,56)/t31-,32+,33+,36+,37+/m1/s1. The lowest BCUT2D eigenvalue weighted by Crippen LogP contribution is -2.48. The van der Waals surface area contributed by atoms with Gasteiger partial charge in [-0.2, -0.15) is 0 Å². The summed E-state index contributed by atoms with van der Waals surface area (Å²) in [4.78, 5) is 71.1. The number of halogens is 1. The number of carbonyl (C=O) groups excluding carboxylic acids is 4. The number of para-hydroxylation sites is 1. The lowest BCUT2D eigenvalue weighted by atomic mass is 9.91. The Bertz CT molecular complexity index is 2340. The van der Waals surface area contributed by atoms with E-state index in [0.717, 1.165) is 50.5 Å². The lowest BCUT2D eigenvalue weighted by Gasteiger charge is -2.29. The predicted molar refractivity (Wildman–Crippen MR) is 214 cm³/mol. The molecule has 0 aliphatic carbocycles. The van der Waals surface area contributed by atoms with Crippen LogP contribution in [0.15, 0.2) is 79.1 Å². The van der Waals surface area contributed by atoms with Crippen LogP contribution in [0.3, 0.4) is 0 Å². The Labute approximate surface area is 335 Å². The highest BCUT2D eigenvalue weighted by atomic mass is 19.1. The summed E-state index contributed by atoms with van der Waals surface area (Å²) >= 11 is 0. The van der Waals surface area contributed by atoms with Crippen molar-refractivity contribution in [3.8, 4) is 33.6 Å². The molecule has 2 aromatic heterocycles.